The highest BCUT2D eigenvalue weighted by molar-refractivity contribution is 8.18. The maximum Gasteiger partial charge on any atom is 0.264 e. The van der Waals surface area contributed by atoms with Gasteiger partial charge in [-0.2, -0.15) is 0 Å². The molecule has 3 aromatic carbocycles. The van der Waals surface area contributed by atoms with Crippen molar-refractivity contribution in [1.82, 2.24) is 5.32 Å². The number of carbonyl (C=O) groups is 1. The molecule has 35 heavy (non-hydrogen) atoms. The molecular weight excluding hydrogens is 480 g/mol. The van der Waals surface area contributed by atoms with E-state index in [1.165, 1.54) is 34.0 Å². The smallest absolute Gasteiger partial charge is 0.264 e. The Kier molecular flexibility index (Phi) is 7.83. The molecule has 3 aromatic rings. The van der Waals surface area contributed by atoms with Gasteiger partial charge in [-0.05, 0) is 104 Å². The van der Waals surface area contributed by atoms with E-state index in [1.54, 1.807) is 24.3 Å². The second-order valence-corrected chi connectivity index (χ2v) is 9.73. The Morgan fingerprint density at radius 2 is 1.69 bits per heavy atom. The van der Waals surface area contributed by atoms with Crippen LogP contribution in [0.3, 0.4) is 0 Å². The number of nitrogens with zero attached hydrogens (tertiary/aromatic N) is 1. The second-order valence-electron chi connectivity index (χ2n) is 8.26. The Morgan fingerprint density at radius 1 is 0.971 bits per heavy atom. The van der Waals surface area contributed by atoms with Gasteiger partial charge in [0, 0.05) is 5.02 Å². The van der Waals surface area contributed by atoms with E-state index in [9.17, 15) is 4.79 Å². The number of amides is 1. The van der Waals surface area contributed by atoms with E-state index in [0.29, 0.717) is 39.8 Å². The highest BCUT2D eigenvalue weighted by Crippen LogP contribution is 2.33. The molecule has 0 spiro atoms. The first-order chi connectivity index (χ1) is 16.8. The molecule has 1 N–H and O–H groups in total. The van der Waals surface area contributed by atoms with E-state index in [-0.39, 0.29) is 5.91 Å². The summed E-state index contributed by atoms with van der Waals surface area (Å²) in [5.41, 5.74) is 6.40. The van der Waals surface area contributed by atoms with Gasteiger partial charge in [0.15, 0.2) is 16.7 Å². The minimum atomic E-state index is -0.189. The van der Waals surface area contributed by atoms with Gasteiger partial charge in [0.2, 0.25) is 0 Å². The molecule has 1 amide bonds. The van der Waals surface area contributed by atoms with Gasteiger partial charge >= 0.3 is 0 Å². The number of rotatable bonds is 7. The zero-order valence-electron chi connectivity index (χ0n) is 20.1. The molecule has 0 radical (unpaired) electrons. The van der Waals surface area contributed by atoms with E-state index in [4.69, 9.17) is 21.1 Å². The quantitative estimate of drug-likeness (QED) is 0.346. The third-order valence-corrected chi connectivity index (χ3v) is 6.65. The topological polar surface area (TPSA) is 59.9 Å². The Morgan fingerprint density at radius 3 is 2.37 bits per heavy atom. The molecule has 0 saturated carbocycles. The average Bonchev–Trinajstić information content (AvgIpc) is 3.14. The highest BCUT2D eigenvalue weighted by Gasteiger charge is 2.24. The van der Waals surface area contributed by atoms with Crippen LogP contribution in [-0.4, -0.2) is 17.7 Å². The van der Waals surface area contributed by atoms with Gasteiger partial charge in [-0.15, -0.1) is 0 Å². The van der Waals surface area contributed by atoms with Crippen molar-refractivity contribution in [3.8, 4) is 11.5 Å². The van der Waals surface area contributed by atoms with Gasteiger partial charge in [0.1, 0.15) is 6.61 Å². The number of carbonyl (C=O) groups excluding carboxylic acids is 1. The van der Waals surface area contributed by atoms with Crippen LogP contribution in [0.5, 0.6) is 11.5 Å². The summed E-state index contributed by atoms with van der Waals surface area (Å²) in [6.07, 6.45) is 1.82. The van der Waals surface area contributed by atoms with Crippen molar-refractivity contribution in [2.75, 3.05) is 6.61 Å². The maximum absolute atomic E-state index is 12.5. The van der Waals surface area contributed by atoms with Crippen molar-refractivity contribution in [3.05, 3.63) is 92.3 Å². The molecule has 7 heteroatoms. The molecule has 1 saturated heterocycles. The van der Waals surface area contributed by atoms with Crippen LogP contribution in [0, 0.1) is 20.8 Å². The zero-order valence-corrected chi connectivity index (χ0v) is 21.7. The van der Waals surface area contributed by atoms with E-state index in [2.05, 4.69) is 43.2 Å². The van der Waals surface area contributed by atoms with Crippen molar-refractivity contribution < 1.29 is 14.3 Å². The van der Waals surface area contributed by atoms with Gasteiger partial charge in [0.25, 0.3) is 5.91 Å². The van der Waals surface area contributed by atoms with Gasteiger partial charge < -0.3 is 14.8 Å². The summed E-state index contributed by atoms with van der Waals surface area (Å²) in [5.74, 6) is 1.12. The molecule has 1 heterocycles. The number of halogens is 1. The van der Waals surface area contributed by atoms with E-state index < -0.39 is 0 Å². The first kappa shape index (κ1) is 24.9. The van der Waals surface area contributed by atoms with Crippen molar-refractivity contribution in [3.63, 3.8) is 0 Å². The number of hydrogen-bond acceptors (Lipinski definition) is 5. The van der Waals surface area contributed by atoms with Gasteiger partial charge in [0.05, 0.1) is 17.2 Å². The van der Waals surface area contributed by atoms with E-state index in [0.717, 1.165) is 11.3 Å². The molecule has 180 valence electrons. The van der Waals surface area contributed by atoms with Crippen LogP contribution in [-0.2, 0) is 11.4 Å². The normalized spacial score (nSPS) is 15.5. The maximum atomic E-state index is 12.5. The van der Waals surface area contributed by atoms with Crippen LogP contribution < -0.4 is 14.8 Å². The minimum Gasteiger partial charge on any atom is -0.490 e. The highest BCUT2D eigenvalue weighted by atomic mass is 35.5. The summed E-state index contributed by atoms with van der Waals surface area (Å²) in [6.45, 7) is 9.20. The molecule has 0 bridgehead atoms. The molecule has 4 rings (SSSR count). The standard InChI is InChI=1S/C28H27ClN2O3S/c1-5-33-25-14-20(6-11-24(25)34-16-23-18(3)12-17(2)13-19(23)4)15-26-27(32)31-28(35-26)30-22-9-7-21(29)8-10-22/h6-15H,5,16H2,1-4H3,(H,30,31,32)/b26-15-. The largest absolute Gasteiger partial charge is 0.490 e. The lowest BCUT2D eigenvalue weighted by Crippen LogP contribution is -2.19. The monoisotopic (exact) mass is 506 g/mol. The third kappa shape index (κ3) is 6.27. The van der Waals surface area contributed by atoms with Crippen LogP contribution in [0.15, 0.2) is 64.5 Å². The molecule has 1 aliphatic heterocycles. The lowest BCUT2D eigenvalue weighted by Gasteiger charge is -2.15. The number of ether oxygens (including phenoxy) is 2. The Bertz CT molecular complexity index is 1290. The third-order valence-electron chi connectivity index (χ3n) is 5.49. The number of aryl methyl sites for hydroxylation is 3. The first-order valence-corrected chi connectivity index (χ1v) is 12.5. The second kappa shape index (κ2) is 11.0. The molecule has 0 atom stereocenters. The lowest BCUT2D eigenvalue weighted by molar-refractivity contribution is -0.115. The summed E-state index contributed by atoms with van der Waals surface area (Å²) in [5, 5.41) is 3.97. The predicted molar refractivity (Wildman–Crippen MR) is 145 cm³/mol. The van der Waals surface area contributed by atoms with Gasteiger partial charge in [-0.3, -0.25) is 4.79 Å². The Balaban J connectivity index is 1.52. The molecule has 0 aromatic heterocycles. The van der Waals surface area contributed by atoms with Crippen LogP contribution in [0.25, 0.3) is 6.08 Å². The van der Waals surface area contributed by atoms with E-state index >= 15 is 0 Å². The molecular formula is C28H27ClN2O3S. The predicted octanol–water partition coefficient (Wildman–Crippen LogP) is 7.13. The van der Waals surface area contributed by atoms with Crippen LogP contribution in [0.1, 0.15) is 34.7 Å². The summed E-state index contributed by atoms with van der Waals surface area (Å²) >= 11 is 7.22. The van der Waals surface area contributed by atoms with Crippen molar-refractivity contribution in [1.29, 1.82) is 0 Å². The number of nitrogens with one attached hydrogen (secondary N) is 1. The van der Waals surface area contributed by atoms with Crippen LogP contribution in [0.2, 0.25) is 5.02 Å². The summed E-state index contributed by atoms with van der Waals surface area (Å²) < 4.78 is 12.0. The first-order valence-electron chi connectivity index (χ1n) is 11.3. The van der Waals surface area contributed by atoms with E-state index in [1.807, 2.05) is 31.2 Å². The SMILES string of the molecule is CCOc1cc(/C=C2\SC(=Nc3ccc(Cl)cc3)NC2=O)ccc1OCc1c(C)cc(C)cc1C. The summed E-state index contributed by atoms with van der Waals surface area (Å²) in [4.78, 5) is 17.5. The van der Waals surface area contributed by atoms with Crippen molar-refractivity contribution >= 4 is 46.2 Å². The van der Waals surface area contributed by atoms with Gasteiger partial charge in [-0.1, -0.05) is 35.4 Å². The van der Waals surface area contributed by atoms with Crippen molar-refractivity contribution in [2.24, 2.45) is 4.99 Å². The number of aliphatic imine (C=N–C) groups is 1. The minimum absolute atomic E-state index is 0.189. The lowest BCUT2D eigenvalue weighted by atomic mass is 10.0. The number of thioether (sulfide) groups is 1. The molecule has 1 aliphatic rings. The Labute approximate surface area is 215 Å². The fourth-order valence-electron chi connectivity index (χ4n) is 3.85. The Hall–Kier alpha value is -3.22. The molecule has 0 unspecified atom stereocenters. The van der Waals surface area contributed by atoms with Crippen LogP contribution in [0.4, 0.5) is 5.69 Å². The molecule has 1 fully saturated rings. The van der Waals surface area contributed by atoms with Crippen LogP contribution >= 0.6 is 23.4 Å². The van der Waals surface area contributed by atoms with Crippen molar-refractivity contribution in [2.45, 2.75) is 34.3 Å². The zero-order chi connectivity index (χ0) is 24.9. The van der Waals surface area contributed by atoms with Gasteiger partial charge in [-0.25, -0.2) is 4.99 Å². The number of hydrogen-bond donors (Lipinski definition) is 1. The molecule has 5 nitrogen and oxygen atoms in total. The summed E-state index contributed by atoms with van der Waals surface area (Å²) in [7, 11) is 0. The summed E-state index contributed by atoms with van der Waals surface area (Å²) in [6, 6.07) is 17.2. The fraction of sp³-hybridized carbons (Fsp3) is 0.214. The average molecular weight is 507 g/mol. The molecule has 0 aliphatic carbocycles. The fourth-order valence-corrected chi connectivity index (χ4v) is 4.82. The number of amidine groups is 1. The number of benzene rings is 3.